The van der Waals surface area contributed by atoms with Gasteiger partial charge in [0.15, 0.2) is 0 Å². The molecule has 1 aromatic carbocycles. The van der Waals surface area contributed by atoms with Gasteiger partial charge in [-0.25, -0.2) is 0 Å². The van der Waals surface area contributed by atoms with E-state index in [0.29, 0.717) is 18.4 Å². The molecule has 0 atom stereocenters. The van der Waals surface area contributed by atoms with E-state index in [-0.39, 0.29) is 12.4 Å². The molecular weight excluding hydrogens is 281 g/mol. The van der Waals surface area contributed by atoms with Gasteiger partial charge in [-0.3, -0.25) is 4.90 Å². The zero-order valence-corrected chi connectivity index (χ0v) is 13.6. The minimum atomic E-state index is 0. The van der Waals surface area contributed by atoms with Gasteiger partial charge in [0, 0.05) is 19.0 Å². The number of ether oxygens (including phenoxy) is 1. The van der Waals surface area contributed by atoms with Crippen LogP contribution in [-0.2, 0) is 0 Å². The van der Waals surface area contributed by atoms with Crippen LogP contribution >= 0.6 is 24.0 Å². The summed E-state index contributed by atoms with van der Waals surface area (Å²) in [6.07, 6.45) is 0. The predicted molar refractivity (Wildman–Crippen MR) is 86.1 cm³/mol. The normalized spacial score (nSPS) is 10.6. The number of halogens is 2. The third-order valence-electron chi connectivity index (χ3n) is 3.05. The Labute approximate surface area is 128 Å². The van der Waals surface area contributed by atoms with E-state index in [1.54, 1.807) is 0 Å². The largest absolute Gasteiger partial charge is 0.492 e. The van der Waals surface area contributed by atoms with E-state index in [0.717, 1.165) is 25.4 Å². The van der Waals surface area contributed by atoms with E-state index in [9.17, 15) is 0 Å². The van der Waals surface area contributed by atoms with Gasteiger partial charge in [-0.2, -0.15) is 0 Å². The Bertz CT molecular complexity index is 345. The molecule has 4 heteroatoms. The molecule has 0 fully saturated rings. The molecule has 0 saturated carbocycles. The second-order valence-electron chi connectivity index (χ2n) is 4.66. The fourth-order valence-corrected chi connectivity index (χ4v) is 2.16. The number of hydrogen-bond acceptors (Lipinski definition) is 2. The summed E-state index contributed by atoms with van der Waals surface area (Å²) >= 11 is 5.76. The second-order valence-corrected chi connectivity index (χ2v) is 5.04. The maximum atomic E-state index is 5.89. The van der Waals surface area contributed by atoms with Crippen LogP contribution in [-0.4, -0.2) is 37.0 Å². The molecule has 0 aromatic heterocycles. The highest BCUT2D eigenvalue weighted by Gasteiger charge is 2.07. The zero-order chi connectivity index (χ0) is 13.4. The van der Waals surface area contributed by atoms with Crippen LogP contribution in [0.1, 0.15) is 32.3 Å². The van der Waals surface area contributed by atoms with Crippen LogP contribution in [0.15, 0.2) is 24.3 Å². The van der Waals surface area contributed by atoms with Crippen molar-refractivity contribution in [3.63, 3.8) is 0 Å². The molecule has 0 unspecified atom stereocenters. The van der Waals surface area contributed by atoms with Crippen LogP contribution in [0, 0.1) is 0 Å². The molecule has 0 radical (unpaired) electrons. The summed E-state index contributed by atoms with van der Waals surface area (Å²) in [4.78, 5) is 2.30. The van der Waals surface area contributed by atoms with Crippen molar-refractivity contribution in [3.05, 3.63) is 29.8 Å². The molecule has 0 bridgehead atoms. The van der Waals surface area contributed by atoms with E-state index in [4.69, 9.17) is 16.3 Å². The summed E-state index contributed by atoms with van der Waals surface area (Å²) < 4.78 is 5.89. The molecule has 1 aromatic rings. The van der Waals surface area contributed by atoms with Gasteiger partial charge in [0.05, 0.1) is 0 Å². The quantitative estimate of drug-likeness (QED) is 0.668. The molecule has 0 aliphatic rings. The summed E-state index contributed by atoms with van der Waals surface area (Å²) in [5.41, 5.74) is 1.28. The first-order valence-corrected chi connectivity index (χ1v) is 7.22. The third-order valence-corrected chi connectivity index (χ3v) is 3.22. The van der Waals surface area contributed by atoms with Crippen molar-refractivity contribution in [1.82, 2.24) is 4.90 Å². The number of rotatable bonds is 8. The molecule has 0 aliphatic heterocycles. The molecule has 0 aliphatic carbocycles. The van der Waals surface area contributed by atoms with Crippen molar-refractivity contribution in [2.75, 3.05) is 32.1 Å². The lowest BCUT2D eigenvalue weighted by Gasteiger charge is -2.20. The van der Waals surface area contributed by atoms with E-state index in [1.165, 1.54) is 5.56 Å². The first kappa shape index (κ1) is 18.6. The first-order valence-electron chi connectivity index (χ1n) is 6.69. The van der Waals surface area contributed by atoms with Gasteiger partial charge in [0.25, 0.3) is 0 Å². The van der Waals surface area contributed by atoms with Crippen molar-refractivity contribution in [3.8, 4) is 5.75 Å². The van der Waals surface area contributed by atoms with Crippen LogP contribution in [0.2, 0.25) is 0 Å². The van der Waals surface area contributed by atoms with Crippen LogP contribution in [0.25, 0.3) is 0 Å². The topological polar surface area (TPSA) is 12.5 Å². The van der Waals surface area contributed by atoms with E-state index in [2.05, 4.69) is 37.8 Å². The molecule has 19 heavy (non-hydrogen) atoms. The summed E-state index contributed by atoms with van der Waals surface area (Å²) in [5, 5.41) is 0. The van der Waals surface area contributed by atoms with Crippen molar-refractivity contribution in [2.24, 2.45) is 0 Å². The fourth-order valence-electron chi connectivity index (χ4n) is 1.92. The average Bonchev–Trinajstić information content (AvgIpc) is 2.38. The number of hydrogen-bond donors (Lipinski definition) is 0. The van der Waals surface area contributed by atoms with Crippen LogP contribution in [0.3, 0.4) is 0 Å². The van der Waals surface area contributed by atoms with Crippen LogP contribution in [0.5, 0.6) is 5.75 Å². The molecule has 1 rings (SSSR count). The Morgan fingerprint density at radius 1 is 1.21 bits per heavy atom. The van der Waals surface area contributed by atoms with Gasteiger partial charge < -0.3 is 4.74 Å². The molecule has 0 spiro atoms. The fraction of sp³-hybridized carbons (Fsp3) is 0.600. The average molecular weight is 306 g/mol. The number of para-hydroxylation sites is 1. The minimum absolute atomic E-state index is 0. The molecule has 0 heterocycles. The summed E-state index contributed by atoms with van der Waals surface area (Å²) in [6.45, 7) is 10.1. The second kappa shape index (κ2) is 10.4. The zero-order valence-electron chi connectivity index (χ0n) is 12.1. The lowest BCUT2D eigenvalue weighted by Crippen LogP contribution is -2.30. The smallest absolute Gasteiger partial charge is 0.122 e. The van der Waals surface area contributed by atoms with Crippen molar-refractivity contribution in [2.45, 2.75) is 26.7 Å². The van der Waals surface area contributed by atoms with E-state index < -0.39 is 0 Å². The third kappa shape index (κ3) is 6.51. The minimum Gasteiger partial charge on any atom is -0.492 e. The molecule has 0 saturated heterocycles. The standard InChI is InChI=1S/C15H24ClNO.ClH/c1-4-17(10-9-16)11-12-18-15-8-6-5-7-14(15)13(2)3;/h5-8,13H,4,9-12H2,1-3H3;1H. The monoisotopic (exact) mass is 305 g/mol. The lowest BCUT2D eigenvalue weighted by atomic mass is 10.0. The molecule has 0 N–H and O–H groups in total. The van der Waals surface area contributed by atoms with E-state index >= 15 is 0 Å². The van der Waals surface area contributed by atoms with E-state index in [1.807, 2.05) is 12.1 Å². The Hall–Kier alpha value is -0.440. The maximum Gasteiger partial charge on any atom is 0.122 e. The Kier molecular flexibility index (Phi) is 10.1. The number of likely N-dealkylation sites (N-methyl/N-ethyl adjacent to an activating group) is 1. The van der Waals surface area contributed by atoms with Gasteiger partial charge >= 0.3 is 0 Å². The SMILES string of the molecule is CCN(CCCl)CCOc1ccccc1C(C)C.Cl. The number of nitrogens with zero attached hydrogens (tertiary/aromatic N) is 1. The molecule has 110 valence electrons. The van der Waals surface area contributed by atoms with Crippen molar-refractivity contribution >= 4 is 24.0 Å². The highest BCUT2D eigenvalue weighted by Crippen LogP contribution is 2.25. The first-order chi connectivity index (χ1) is 8.69. The predicted octanol–water partition coefficient (Wildman–Crippen LogP) is 4.17. The number of alkyl halides is 1. The lowest BCUT2D eigenvalue weighted by molar-refractivity contribution is 0.222. The van der Waals surface area contributed by atoms with Crippen molar-refractivity contribution < 1.29 is 4.74 Å². The van der Waals surface area contributed by atoms with Crippen LogP contribution in [0.4, 0.5) is 0 Å². The van der Waals surface area contributed by atoms with Crippen molar-refractivity contribution in [1.29, 1.82) is 0 Å². The van der Waals surface area contributed by atoms with Gasteiger partial charge in [0.1, 0.15) is 12.4 Å². The molecule has 0 amide bonds. The van der Waals surface area contributed by atoms with Gasteiger partial charge in [-0.05, 0) is 24.1 Å². The molecule has 2 nitrogen and oxygen atoms in total. The maximum absolute atomic E-state index is 5.89. The molecular formula is C15H25Cl2NO. The van der Waals surface area contributed by atoms with Gasteiger partial charge in [-0.15, -0.1) is 24.0 Å². The van der Waals surface area contributed by atoms with Gasteiger partial charge in [-0.1, -0.05) is 39.0 Å². The highest BCUT2D eigenvalue weighted by molar-refractivity contribution is 6.18. The van der Waals surface area contributed by atoms with Crippen LogP contribution < -0.4 is 4.74 Å². The Balaban J connectivity index is 0.00000324. The summed E-state index contributed by atoms with van der Waals surface area (Å²) in [6, 6.07) is 8.27. The summed E-state index contributed by atoms with van der Waals surface area (Å²) in [7, 11) is 0. The number of benzene rings is 1. The Morgan fingerprint density at radius 2 is 1.89 bits per heavy atom. The van der Waals surface area contributed by atoms with Gasteiger partial charge in [0.2, 0.25) is 0 Å². The summed E-state index contributed by atoms with van der Waals surface area (Å²) in [5.74, 6) is 2.18. The highest BCUT2D eigenvalue weighted by atomic mass is 35.5. The Morgan fingerprint density at radius 3 is 2.47 bits per heavy atom.